The maximum absolute atomic E-state index is 11.5. The average Bonchev–Trinajstić information content (AvgIpc) is 2.35. The zero-order valence-electron chi connectivity index (χ0n) is 9.73. The lowest BCUT2D eigenvalue weighted by molar-refractivity contribution is -0.140. The Hall–Kier alpha value is -2.01. The highest BCUT2D eigenvalue weighted by Crippen LogP contribution is 2.11. The number of halogens is 1. The molecule has 0 spiro atoms. The highest BCUT2D eigenvalue weighted by Gasteiger charge is 2.12. The topological polar surface area (TPSA) is 64.6 Å². The minimum absolute atomic E-state index is 0.160. The molecule has 1 aromatic rings. The second-order valence-electron chi connectivity index (χ2n) is 3.20. The third kappa shape index (κ3) is 4.10. The van der Waals surface area contributed by atoms with Gasteiger partial charge >= 0.3 is 11.9 Å². The Morgan fingerprint density at radius 2 is 2.17 bits per heavy atom. The van der Waals surface area contributed by atoms with Gasteiger partial charge in [0, 0.05) is 5.02 Å². The molecule has 0 saturated heterocycles. The van der Waals surface area contributed by atoms with E-state index in [0.717, 1.165) is 0 Å². The van der Waals surface area contributed by atoms with E-state index in [2.05, 4.69) is 21.6 Å². The lowest BCUT2D eigenvalue weighted by atomic mass is 10.2. The van der Waals surface area contributed by atoms with E-state index in [1.54, 1.807) is 19.1 Å². The summed E-state index contributed by atoms with van der Waals surface area (Å²) in [4.78, 5) is 27.4. The third-order valence-corrected chi connectivity index (χ3v) is 2.08. The van der Waals surface area contributed by atoms with Crippen LogP contribution in [0.3, 0.4) is 0 Å². The molecular weight excluding hydrogens is 258 g/mol. The standard InChI is InChI=1S/C12H12ClNO4/c1-3-17-11(15)8(2)14-18-12(16)9-5-4-6-10(13)7-9/h4-7,14H,2-3H2,1H3. The first-order chi connectivity index (χ1) is 8.54. The van der Waals surface area contributed by atoms with Crippen LogP contribution in [0, 0.1) is 0 Å². The van der Waals surface area contributed by atoms with Gasteiger partial charge in [0.2, 0.25) is 0 Å². The van der Waals surface area contributed by atoms with Gasteiger partial charge in [-0.25, -0.2) is 15.1 Å². The molecular formula is C12H12ClNO4. The molecule has 0 atom stereocenters. The molecule has 5 nitrogen and oxygen atoms in total. The number of carbonyl (C=O) groups is 2. The highest BCUT2D eigenvalue weighted by atomic mass is 35.5. The van der Waals surface area contributed by atoms with Crippen molar-refractivity contribution in [1.82, 2.24) is 5.48 Å². The average molecular weight is 270 g/mol. The van der Waals surface area contributed by atoms with Gasteiger partial charge in [-0.3, -0.25) is 0 Å². The lowest BCUT2D eigenvalue weighted by Crippen LogP contribution is -2.25. The van der Waals surface area contributed by atoms with E-state index in [-0.39, 0.29) is 17.9 Å². The molecule has 0 amide bonds. The zero-order chi connectivity index (χ0) is 13.5. The molecule has 0 aliphatic heterocycles. The lowest BCUT2D eigenvalue weighted by Gasteiger charge is -2.08. The van der Waals surface area contributed by atoms with Crippen LogP contribution in [-0.2, 0) is 14.4 Å². The first-order valence-electron chi connectivity index (χ1n) is 5.13. The Morgan fingerprint density at radius 3 is 2.78 bits per heavy atom. The van der Waals surface area contributed by atoms with Gasteiger partial charge < -0.3 is 9.57 Å². The SMILES string of the molecule is C=C(NOC(=O)c1cccc(Cl)c1)C(=O)OCC. The van der Waals surface area contributed by atoms with Gasteiger partial charge in [0.1, 0.15) is 5.70 Å². The van der Waals surface area contributed by atoms with Crippen LogP contribution in [0.5, 0.6) is 0 Å². The Balaban J connectivity index is 2.51. The monoisotopic (exact) mass is 269 g/mol. The summed E-state index contributed by atoms with van der Waals surface area (Å²) < 4.78 is 4.65. The summed E-state index contributed by atoms with van der Waals surface area (Å²) in [7, 11) is 0. The fraction of sp³-hybridized carbons (Fsp3) is 0.167. The van der Waals surface area contributed by atoms with Gasteiger partial charge in [-0.1, -0.05) is 24.2 Å². The highest BCUT2D eigenvalue weighted by molar-refractivity contribution is 6.30. The molecule has 1 N–H and O–H groups in total. The Morgan fingerprint density at radius 1 is 1.44 bits per heavy atom. The van der Waals surface area contributed by atoms with Crippen LogP contribution in [0.2, 0.25) is 5.02 Å². The molecule has 0 radical (unpaired) electrons. The molecule has 96 valence electrons. The van der Waals surface area contributed by atoms with Crippen molar-refractivity contribution in [1.29, 1.82) is 0 Å². The van der Waals surface area contributed by atoms with Crippen LogP contribution in [0.25, 0.3) is 0 Å². The van der Waals surface area contributed by atoms with E-state index in [4.69, 9.17) is 11.6 Å². The molecule has 0 aliphatic rings. The van der Waals surface area contributed by atoms with Crippen LogP contribution in [-0.4, -0.2) is 18.5 Å². The van der Waals surface area contributed by atoms with Crippen LogP contribution < -0.4 is 5.48 Å². The Kier molecular flexibility index (Phi) is 5.20. The summed E-state index contributed by atoms with van der Waals surface area (Å²) >= 11 is 5.72. The number of benzene rings is 1. The van der Waals surface area contributed by atoms with Crippen LogP contribution >= 0.6 is 11.6 Å². The minimum Gasteiger partial charge on any atom is -0.461 e. The minimum atomic E-state index is -0.684. The van der Waals surface area contributed by atoms with Gasteiger partial charge in [0.05, 0.1) is 12.2 Å². The maximum atomic E-state index is 11.5. The van der Waals surface area contributed by atoms with Crippen molar-refractivity contribution in [3.05, 3.63) is 47.1 Å². The molecule has 1 aromatic carbocycles. The fourth-order valence-corrected chi connectivity index (χ4v) is 1.23. The largest absolute Gasteiger partial charge is 0.461 e. The number of hydroxylamine groups is 1. The molecule has 6 heteroatoms. The van der Waals surface area contributed by atoms with Crippen molar-refractivity contribution in [3.8, 4) is 0 Å². The first kappa shape index (κ1) is 14.1. The van der Waals surface area contributed by atoms with Crippen molar-refractivity contribution in [2.75, 3.05) is 6.61 Å². The second-order valence-corrected chi connectivity index (χ2v) is 3.64. The Bertz CT molecular complexity index is 473. The number of hydrogen-bond acceptors (Lipinski definition) is 5. The summed E-state index contributed by atoms with van der Waals surface area (Å²) in [6.45, 7) is 5.23. The summed E-state index contributed by atoms with van der Waals surface area (Å²) in [5, 5.41) is 0.411. The molecule has 0 heterocycles. The number of nitrogens with one attached hydrogen (secondary N) is 1. The van der Waals surface area contributed by atoms with Crippen LogP contribution in [0.1, 0.15) is 17.3 Å². The predicted octanol–water partition coefficient (Wildman–Crippen LogP) is 2.08. The molecule has 0 bridgehead atoms. The van der Waals surface area contributed by atoms with E-state index >= 15 is 0 Å². The van der Waals surface area contributed by atoms with Gasteiger partial charge in [0.25, 0.3) is 0 Å². The number of ether oxygens (including phenoxy) is 1. The van der Waals surface area contributed by atoms with Gasteiger partial charge in [-0.15, -0.1) is 0 Å². The van der Waals surface area contributed by atoms with Crippen LogP contribution in [0.4, 0.5) is 0 Å². The van der Waals surface area contributed by atoms with Crippen LogP contribution in [0.15, 0.2) is 36.5 Å². The molecule has 0 aliphatic carbocycles. The van der Waals surface area contributed by atoms with E-state index in [1.165, 1.54) is 12.1 Å². The summed E-state index contributed by atoms with van der Waals surface area (Å²) in [6.07, 6.45) is 0. The summed E-state index contributed by atoms with van der Waals surface area (Å²) in [5.41, 5.74) is 2.22. The smallest absolute Gasteiger partial charge is 0.362 e. The summed E-state index contributed by atoms with van der Waals surface area (Å²) in [6, 6.07) is 6.21. The van der Waals surface area contributed by atoms with Crippen molar-refractivity contribution >= 4 is 23.5 Å². The molecule has 0 unspecified atom stereocenters. The quantitative estimate of drug-likeness (QED) is 0.504. The Labute approximate surface area is 109 Å². The normalized spacial score (nSPS) is 9.44. The third-order valence-electron chi connectivity index (χ3n) is 1.85. The fourth-order valence-electron chi connectivity index (χ4n) is 1.04. The molecule has 18 heavy (non-hydrogen) atoms. The molecule has 1 rings (SSSR count). The van der Waals surface area contributed by atoms with E-state index in [0.29, 0.717) is 5.02 Å². The van der Waals surface area contributed by atoms with E-state index in [1.807, 2.05) is 0 Å². The predicted molar refractivity (Wildman–Crippen MR) is 65.8 cm³/mol. The zero-order valence-corrected chi connectivity index (χ0v) is 10.5. The second kappa shape index (κ2) is 6.66. The van der Waals surface area contributed by atoms with Gasteiger partial charge in [0.15, 0.2) is 0 Å². The molecule has 0 saturated carbocycles. The number of rotatable bonds is 5. The molecule has 0 aromatic heterocycles. The van der Waals surface area contributed by atoms with Gasteiger partial charge in [-0.05, 0) is 25.1 Å². The number of carbonyl (C=O) groups excluding carboxylic acids is 2. The summed E-state index contributed by atoms with van der Waals surface area (Å²) in [5.74, 6) is -1.36. The van der Waals surface area contributed by atoms with Crippen molar-refractivity contribution in [2.45, 2.75) is 6.92 Å². The van der Waals surface area contributed by atoms with Crippen molar-refractivity contribution in [2.24, 2.45) is 0 Å². The number of esters is 1. The maximum Gasteiger partial charge on any atom is 0.362 e. The van der Waals surface area contributed by atoms with Gasteiger partial charge in [-0.2, -0.15) is 0 Å². The van der Waals surface area contributed by atoms with Crippen molar-refractivity contribution in [3.63, 3.8) is 0 Å². The first-order valence-corrected chi connectivity index (χ1v) is 5.51. The van der Waals surface area contributed by atoms with Crippen molar-refractivity contribution < 1.29 is 19.2 Å². The van der Waals surface area contributed by atoms with E-state index < -0.39 is 11.9 Å². The number of hydrogen-bond donors (Lipinski definition) is 1. The molecule has 0 fully saturated rings. The van der Waals surface area contributed by atoms with E-state index in [9.17, 15) is 9.59 Å².